The van der Waals surface area contributed by atoms with Crippen molar-refractivity contribution in [3.05, 3.63) is 22.2 Å². The minimum atomic E-state index is -2.22. The second-order valence-corrected chi connectivity index (χ2v) is 4.80. The Hall–Kier alpha value is -1.51. The van der Waals surface area contributed by atoms with Crippen LogP contribution in [0.4, 0.5) is 10.2 Å². The van der Waals surface area contributed by atoms with Crippen molar-refractivity contribution in [2.75, 3.05) is 12.3 Å². The van der Waals surface area contributed by atoms with Gasteiger partial charge in [-0.3, -0.25) is 4.57 Å². The lowest BCUT2D eigenvalue weighted by Crippen LogP contribution is -2.43. The summed E-state index contributed by atoms with van der Waals surface area (Å²) >= 11 is 0. The molecular formula is C11H16FN3O4. The Kier molecular flexibility index (Phi) is 3.33. The minimum absolute atomic E-state index is 0.0547. The Bertz CT molecular complexity index is 545. The lowest BCUT2D eigenvalue weighted by Gasteiger charge is -2.25. The van der Waals surface area contributed by atoms with Crippen molar-refractivity contribution >= 4 is 5.82 Å². The Balaban J connectivity index is 2.48. The van der Waals surface area contributed by atoms with E-state index in [4.69, 9.17) is 15.6 Å². The van der Waals surface area contributed by atoms with Gasteiger partial charge < -0.3 is 20.7 Å². The molecule has 2 heterocycles. The van der Waals surface area contributed by atoms with E-state index in [1.54, 1.807) is 6.92 Å². The van der Waals surface area contributed by atoms with Crippen LogP contribution in [0.1, 0.15) is 18.7 Å². The third kappa shape index (κ3) is 2.11. The van der Waals surface area contributed by atoms with Crippen molar-refractivity contribution in [2.24, 2.45) is 0 Å². The predicted octanol–water partition coefficient (Wildman–Crippen LogP) is -0.887. The number of hydrogen-bond donors (Lipinski definition) is 3. The average Bonchev–Trinajstić information content (AvgIpc) is 2.56. The summed E-state index contributed by atoms with van der Waals surface area (Å²) in [7, 11) is 0. The fourth-order valence-electron chi connectivity index (χ4n) is 2.11. The highest BCUT2D eigenvalue weighted by molar-refractivity contribution is 5.35. The maximum atomic E-state index is 14.5. The van der Waals surface area contributed by atoms with Gasteiger partial charge in [0.1, 0.15) is 18.0 Å². The molecule has 0 aromatic carbocycles. The summed E-state index contributed by atoms with van der Waals surface area (Å²) in [5, 5.41) is 18.8. The van der Waals surface area contributed by atoms with Crippen molar-refractivity contribution in [3.63, 3.8) is 0 Å². The average molecular weight is 273 g/mol. The van der Waals surface area contributed by atoms with Crippen LogP contribution in [-0.2, 0) is 4.74 Å². The number of alkyl halides is 1. The molecule has 2 unspecified atom stereocenters. The molecule has 4 N–H and O–H groups in total. The Morgan fingerprint density at radius 3 is 2.84 bits per heavy atom. The molecule has 4 atom stereocenters. The molecule has 1 aromatic rings. The fourth-order valence-corrected chi connectivity index (χ4v) is 2.11. The molecule has 0 amide bonds. The van der Waals surface area contributed by atoms with Crippen molar-refractivity contribution in [1.29, 1.82) is 0 Å². The quantitative estimate of drug-likeness (QED) is 0.645. The predicted molar refractivity (Wildman–Crippen MR) is 64.2 cm³/mol. The number of nitrogen functional groups attached to an aromatic ring is 1. The third-order valence-electron chi connectivity index (χ3n) is 3.32. The van der Waals surface area contributed by atoms with Gasteiger partial charge in [0, 0.05) is 11.8 Å². The molecule has 1 aromatic heterocycles. The first kappa shape index (κ1) is 13.9. The molecule has 1 fully saturated rings. The van der Waals surface area contributed by atoms with Crippen LogP contribution in [0.5, 0.6) is 0 Å². The van der Waals surface area contributed by atoms with Gasteiger partial charge in [0.2, 0.25) is 0 Å². The van der Waals surface area contributed by atoms with E-state index in [0.717, 1.165) is 11.5 Å². The summed E-state index contributed by atoms with van der Waals surface area (Å²) < 4.78 is 20.6. The van der Waals surface area contributed by atoms with E-state index in [2.05, 4.69) is 4.98 Å². The molecule has 1 aliphatic rings. The number of aliphatic hydroxyl groups excluding tert-OH is 2. The van der Waals surface area contributed by atoms with E-state index < -0.39 is 36.4 Å². The Morgan fingerprint density at radius 2 is 2.32 bits per heavy atom. The van der Waals surface area contributed by atoms with Crippen molar-refractivity contribution in [1.82, 2.24) is 9.55 Å². The van der Waals surface area contributed by atoms with Gasteiger partial charge >= 0.3 is 5.69 Å². The van der Waals surface area contributed by atoms with Crippen molar-refractivity contribution in [3.8, 4) is 0 Å². The van der Waals surface area contributed by atoms with Crippen molar-refractivity contribution < 1.29 is 19.3 Å². The van der Waals surface area contributed by atoms with Crippen LogP contribution in [0.15, 0.2) is 11.0 Å². The largest absolute Gasteiger partial charge is 0.394 e. The molecule has 2 rings (SSSR count). The molecule has 0 saturated carbocycles. The van der Waals surface area contributed by atoms with Crippen LogP contribution in [0.25, 0.3) is 0 Å². The normalized spacial score (nSPS) is 34.7. The molecule has 0 aliphatic carbocycles. The fraction of sp³-hybridized carbons (Fsp3) is 0.636. The van der Waals surface area contributed by atoms with Crippen LogP contribution < -0.4 is 11.4 Å². The molecule has 7 nitrogen and oxygen atoms in total. The Labute approximate surface area is 108 Å². The van der Waals surface area contributed by atoms with E-state index in [1.165, 1.54) is 6.20 Å². The topological polar surface area (TPSA) is 111 Å². The van der Waals surface area contributed by atoms with Crippen LogP contribution in [0.2, 0.25) is 0 Å². The van der Waals surface area contributed by atoms with Crippen LogP contribution in [-0.4, -0.2) is 44.2 Å². The smallest absolute Gasteiger partial charge is 0.351 e. The second-order valence-electron chi connectivity index (χ2n) is 4.80. The van der Waals surface area contributed by atoms with Crippen molar-refractivity contribution in [2.45, 2.75) is 38.0 Å². The summed E-state index contributed by atoms with van der Waals surface area (Å²) in [6.07, 6.45) is -2.67. The highest BCUT2D eigenvalue weighted by atomic mass is 19.1. The number of aromatic nitrogens is 2. The van der Waals surface area contributed by atoms with Gasteiger partial charge in [-0.05, 0) is 13.8 Å². The van der Waals surface area contributed by atoms with Gasteiger partial charge in [-0.25, -0.2) is 9.18 Å². The number of ether oxygens (including phenoxy) is 1. The molecule has 0 radical (unpaired) electrons. The highest BCUT2D eigenvalue weighted by Gasteiger charge is 2.55. The molecule has 0 spiro atoms. The van der Waals surface area contributed by atoms with Crippen LogP contribution in [0, 0.1) is 6.92 Å². The molecule has 106 valence electrons. The maximum absolute atomic E-state index is 14.5. The number of anilines is 1. The zero-order valence-electron chi connectivity index (χ0n) is 10.6. The van der Waals surface area contributed by atoms with E-state index in [1.807, 2.05) is 0 Å². The second kappa shape index (κ2) is 4.55. The number of rotatable bonds is 2. The number of hydrogen-bond acceptors (Lipinski definition) is 6. The van der Waals surface area contributed by atoms with Gasteiger partial charge in [-0.15, -0.1) is 0 Å². The van der Waals surface area contributed by atoms with Gasteiger partial charge in [0.15, 0.2) is 11.9 Å². The van der Waals surface area contributed by atoms with E-state index in [0.29, 0.717) is 5.56 Å². The number of nitrogens with zero attached hydrogens (tertiary/aromatic N) is 2. The molecule has 1 saturated heterocycles. The monoisotopic (exact) mass is 273 g/mol. The molecule has 1 aliphatic heterocycles. The lowest BCUT2D eigenvalue weighted by atomic mass is 9.98. The highest BCUT2D eigenvalue weighted by Crippen LogP contribution is 2.40. The molecule has 8 heteroatoms. The first-order valence-electron chi connectivity index (χ1n) is 5.77. The van der Waals surface area contributed by atoms with Crippen LogP contribution >= 0.6 is 0 Å². The first-order valence-corrected chi connectivity index (χ1v) is 5.77. The van der Waals surface area contributed by atoms with Crippen LogP contribution in [0.3, 0.4) is 0 Å². The first-order chi connectivity index (χ1) is 8.78. The van der Waals surface area contributed by atoms with E-state index >= 15 is 0 Å². The summed E-state index contributed by atoms with van der Waals surface area (Å²) in [4.78, 5) is 15.3. The van der Waals surface area contributed by atoms with Gasteiger partial charge in [-0.1, -0.05) is 0 Å². The van der Waals surface area contributed by atoms with E-state index in [-0.39, 0.29) is 5.82 Å². The van der Waals surface area contributed by atoms with Gasteiger partial charge in [-0.2, -0.15) is 4.98 Å². The molecular weight excluding hydrogens is 257 g/mol. The third-order valence-corrected chi connectivity index (χ3v) is 3.32. The lowest BCUT2D eigenvalue weighted by molar-refractivity contribution is -0.0611. The zero-order chi connectivity index (χ0) is 14.4. The van der Waals surface area contributed by atoms with E-state index in [9.17, 15) is 14.3 Å². The summed E-state index contributed by atoms with van der Waals surface area (Å²) in [5.41, 5.74) is 2.98. The zero-order valence-corrected chi connectivity index (χ0v) is 10.6. The summed E-state index contributed by atoms with van der Waals surface area (Å²) in [5.74, 6) is 0.0547. The SMILES string of the molecule is Cc1cn(C2OC(CO)[C@@H](O)[C@@]2(C)F)c(=O)nc1N. The van der Waals surface area contributed by atoms with Gasteiger partial charge in [0.25, 0.3) is 0 Å². The van der Waals surface area contributed by atoms with Gasteiger partial charge in [0.05, 0.1) is 6.61 Å². The Morgan fingerprint density at radius 1 is 1.68 bits per heavy atom. The standard InChI is InChI=1S/C11H16FN3O4/c1-5-3-15(10(18)14-8(5)13)9-11(2,12)7(17)6(4-16)19-9/h3,6-7,9,16-17H,4H2,1-2H3,(H2,13,14,18)/t6?,7-,9?,11-/m1/s1. The number of aryl methyl sites for hydroxylation is 1. The molecule has 0 bridgehead atoms. The number of aliphatic hydroxyl groups is 2. The summed E-state index contributed by atoms with van der Waals surface area (Å²) in [6.45, 7) is 2.17. The molecule has 19 heavy (non-hydrogen) atoms. The summed E-state index contributed by atoms with van der Waals surface area (Å²) in [6, 6.07) is 0. The number of nitrogens with two attached hydrogens (primary N) is 1. The maximum Gasteiger partial charge on any atom is 0.351 e. The number of halogens is 1. The minimum Gasteiger partial charge on any atom is -0.394 e.